The summed E-state index contributed by atoms with van der Waals surface area (Å²) < 4.78 is 54.3. The monoisotopic (exact) mass is 231 g/mol. The molecule has 0 aliphatic carbocycles. The van der Waals surface area contributed by atoms with E-state index in [1.807, 2.05) is 0 Å². The number of hydrogen-bond donors (Lipinski definition) is 0. The smallest absolute Gasteiger partial charge is 0.267 e. The van der Waals surface area contributed by atoms with Crippen molar-refractivity contribution in [1.82, 2.24) is 0 Å². The first kappa shape index (κ1) is 12.4. The summed E-state index contributed by atoms with van der Waals surface area (Å²) in [5.41, 5.74) is -1.16. The molecule has 0 unspecified atom stereocenters. The van der Waals surface area contributed by atoms with Crippen LogP contribution in [0.1, 0.15) is 24.0 Å². The molecule has 85 valence electrons. The van der Waals surface area contributed by atoms with Gasteiger partial charge in [-0.1, -0.05) is 5.92 Å². The molecule has 0 heterocycles. The summed E-state index contributed by atoms with van der Waals surface area (Å²) >= 11 is 0. The molecule has 0 spiro atoms. The van der Waals surface area contributed by atoms with Crippen molar-refractivity contribution in [2.75, 3.05) is 6.61 Å². The van der Waals surface area contributed by atoms with Gasteiger partial charge in [0, 0.05) is 11.6 Å². The highest BCUT2D eigenvalue weighted by atomic mass is 19.3. The van der Waals surface area contributed by atoms with Crippen LogP contribution in [0.4, 0.5) is 17.6 Å². The van der Waals surface area contributed by atoms with Crippen molar-refractivity contribution in [3.05, 3.63) is 29.3 Å². The van der Waals surface area contributed by atoms with Gasteiger partial charge < -0.3 is 4.74 Å². The molecule has 0 N–H and O–H groups in total. The molecule has 0 aliphatic heterocycles. The Kier molecular flexibility index (Phi) is 4.18. The van der Waals surface area contributed by atoms with Crippen molar-refractivity contribution >= 4 is 0 Å². The van der Waals surface area contributed by atoms with Gasteiger partial charge in [-0.15, -0.1) is 6.42 Å². The van der Waals surface area contributed by atoms with E-state index >= 15 is 0 Å². The van der Waals surface area contributed by atoms with Gasteiger partial charge in [-0.2, -0.15) is 0 Å². The molecule has 0 aromatic heterocycles. The van der Waals surface area contributed by atoms with Gasteiger partial charge in [-0.05, 0) is 12.1 Å². The fourth-order valence-corrected chi connectivity index (χ4v) is 1.05. The molecule has 1 nitrogen and oxygen atoms in total. The molecule has 0 saturated heterocycles. The van der Waals surface area contributed by atoms with E-state index in [2.05, 4.69) is 12.0 Å². The highest BCUT2D eigenvalue weighted by Gasteiger charge is 2.18. The van der Waals surface area contributed by atoms with E-state index in [9.17, 15) is 17.6 Å². The van der Waals surface area contributed by atoms with Crippen LogP contribution in [-0.4, -0.2) is 6.61 Å². The molecule has 5 heteroatoms. The number of terminal acetylenes is 1. The first-order chi connectivity index (χ1) is 7.56. The minimum absolute atomic E-state index is 0.218. The van der Waals surface area contributed by atoms with Crippen LogP contribution < -0.4 is 4.74 Å². The zero-order valence-corrected chi connectivity index (χ0v) is 8.01. The van der Waals surface area contributed by atoms with E-state index in [0.29, 0.717) is 6.07 Å². The molecule has 1 radical (unpaired) electrons. The second kappa shape index (κ2) is 5.40. The SMILES string of the molecule is C#CCOc1[c]cc(C(F)F)cc1C(F)F. The van der Waals surface area contributed by atoms with E-state index in [1.54, 1.807) is 0 Å². The minimum Gasteiger partial charge on any atom is -0.480 e. The van der Waals surface area contributed by atoms with Gasteiger partial charge in [-0.3, -0.25) is 0 Å². The molecule has 0 fully saturated rings. The fourth-order valence-electron chi connectivity index (χ4n) is 1.05. The van der Waals surface area contributed by atoms with Crippen molar-refractivity contribution in [2.45, 2.75) is 12.9 Å². The third-order valence-corrected chi connectivity index (χ3v) is 1.74. The maximum Gasteiger partial charge on any atom is 0.267 e. The van der Waals surface area contributed by atoms with Crippen molar-refractivity contribution in [2.24, 2.45) is 0 Å². The lowest BCUT2D eigenvalue weighted by molar-refractivity contribution is 0.140. The Balaban J connectivity index is 3.05. The predicted octanol–water partition coefficient (Wildman–Crippen LogP) is 3.37. The summed E-state index contributed by atoms with van der Waals surface area (Å²) in [5, 5.41) is 0. The summed E-state index contributed by atoms with van der Waals surface area (Å²) in [6.07, 6.45) is -0.854. The number of alkyl halides is 4. The molecule has 1 aromatic carbocycles. The first-order valence-electron chi connectivity index (χ1n) is 4.24. The van der Waals surface area contributed by atoms with Crippen molar-refractivity contribution in [3.8, 4) is 18.1 Å². The van der Waals surface area contributed by atoms with E-state index in [4.69, 9.17) is 11.2 Å². The molecule has 0 atom stereocenters. The third-order valence-electron chi connectivity index (χ3n) is 1.74. The van der Waals surface area contributed by atoms with Gasteiger partial charge in [0.25, 0.3) is 12.9 Å². The molecule has 0 bridgehead atoms. The lowest BCUT2D eigenvalue weighted by atomic mass is 10.1. The van der Waals surface area contributed by atoms with Gasteiger partial charge in [0.2, 0.25) is 0 Å². The third kappa shape index (κ3) is 2.89. The van der Waals surface area contributed by atoms with Gasteiger partial charge >= 0.3 is 0 Å². The number of benzene rings is 1. The minimum atomic E-state index is -2.91. The zero-order chi connectivity index (χ0) is 12.1. The quantitative estimate of drug-likeness (QED) is 0.570. The molecule has 1 aromatic rings. The largest absolute Gasteiger partial charge is 0.480 e. The highest BCUT2D eigenvalue weighted by Crippen LogP contribution is 2.32. The molecule has 1 rings (SSSR count). The van der Waals surface area contributed by atoms with Gasteiger partial charge in [-0.25, -0.2) is 17.6 Å². The number of hydrogen-bond acceptors (Lipinski definition) is 1. The Hall–Kier alpha value is -1.70. The van der Waals surface area contributed by atoms with Crippen molar-refractivity contribution in [1.29, 1.82) is 0 Å². The van der Waals surface area contributed by atoms with E-state index < -0.39 is 24.0 Å². The molecule has 0 aliphatic rings. The Morgan fingerprint density at radius 2 is 2.00 bits per heavy atom. The van der Waals surface area contributed by atoms with Crippen LogP contribution in [0, 0.1) is 18.4 Å². The number of rotatable bonds is 4. The van der Waals surface area contributed by atoms with Crippen LogP contribution >= 0.6 is 0 Å². The standard InChI is InChI=1S/C11H7F4O/c1-2-5-16-9-4-3-7(10(12)13)6-8(9)11(14)15/h1,3,6,10-11H,5H2. The predicted molar refractivity (Wildman–Crippen MR) is 49.5 cm³/mol. The van der Waals surface area contributed by atoms with Crippen LogP contribution in [0.2, 0.25) is 0 Å². The summed E-state index contributed by atoms with van der Waals surface area (Å²) in [7, 11) is 0. The number of ether oxygens (including phenoxy) is 1. The second-order valence-corrected chi connectivity index (χ2v) is 2.81. The van der Waals surface area contributed by atoms with E-state index in [1.165, 1.54) is 0 Å². The van der Waals surface area contributed by atoms with Gasteiger partial charge in [0.1, 0.15) is 12.4 Å². The Morgan fingerprint density at radius 3 is 2.50 bits per heavy atom. The van der Waals surface area contributed by atoms with Crippen molar-refractivity contribution < 1.29 is 22.3 Å². The van der Waals surface area contributed by atoms with E-state index in [0.717, 1.165) is 6.07 Å². The summed E-state index contributed by atoms with van der Waals surface area (Å²) in [6.45, 7) is -0.218. The topological polar surface area (TPSA) is 9.23 Å². The molecular weight excluding hydrogens is 224 g/mol. The van der Waals surface area contributed by atoms with E-state index in [-0.39, 0.29) is 12.4 Å². The Bertz CT molecular complexity index is 395. The summed E-state index contributed by atoms with van der Waals surface area (Å²) in [6, 6.07) is 3.82. The second-order valence-electron chi connectivity index (χ2n) is 2.81. The van der Waals surface area contributed by atoms with Crippen LogP contribution in [0.5, 0.6) is 5.75 Å². The maximum atomic E-state index is 12.5. The highest BCUT2D eigenvalue weighted by molar-refractivity contribution is 5.37. The maximum absolute atomic E-state index is 12.5. The lowest BCUT2D eigenvalue weighted by Crippen LogP contribution is -2.00. The van der Waals surface area contributed by atoms with Crippen molar-refractivity contribution in [3.63, 3.8) is 0 Å². The first-order valence-corrected chi connectivity index (χ1v) is 4.24. The normalized spacial score (nSPS) is 10.6. The molecule has 16 heavy (non-hydrogen) atoms. The van der Waals surface area contributed by atoms with Crippen LogP contribution in [0.15, 0.2) is 12.1 Å². The molecule has 0 saturated carbocycles. The lowest BCUT2D eigenvalue weighted by Gasteiger charge is -2.10. The van der Waals surface area contributed by atoms with Gasteiger partial charge in [0.15, 0.2) is 0 Å². The molecule has 0 amide bonds. The number of halogens is 4. The summed E-state index contributed by atoms with van der Waals surface area (Å²) in [5.74, 6) is 1.79. The van der Waals surface area contributed by atoms with Crippen LogP contribution in [0.25, 0.3) is 0 Å². The molecular formula is C11H7F4O. The Labute approximate surface area is 90.0 Å². The zero-order valence-electron chi connectivity index (χ0n) is 8.01. The average Bonchev–Trinajstić information content (AvgIpc) is 2.25. The average molecular weight is 231 g/mol. The summed E-state index contributed by atoms with van der Waals surface area (Å²) in [4.78, 5) is 0. The fraction of sp³-hybridized carbons (Fsp3) is 0.273. The van der Waals surface area contributed by atoms with Crippen LogP contribution in [0.3, 0.4) is 0 Å². The van der Waals surface area contributed by atoms with Crippen LogP contribution in [-0.2, 0) is 0 Å². The van der Waals surface area contributed by atoms with Gasteiger partial charge in [0.05, 0.1) is 5.56 Å². The Morgan fingerprint density at radius 1 is 1.31 bits per heavy atom.